The number of rotatable bonds is 8. The van der Waals surface area contributed by atoms with E-state index in [4.69, 9.17) is 0 Å². The molecule has 13 aromatic rings. The smallest absolute Gasteiger partial charge is 0.211 e. The average molecular weight is 1110 g/mol. The van der Waals surface area contributed by atoms with Gasteiger partial charge in [0.25, 0.3) is 0 Å². The molecule has 1 aliphatic heterocycles. The summed E-state index contributed by atoms with van der Waals surface area (Å²) in [7, 11) is 0.869. The van der Waals surface area contributed by atoms with Crippen LogP contribution in [0.2, 0.25) is 0 Å². The van der Waals surface area contributed by atoms with Gasteiger partial charge in [0.2, 0.25) is 7.28 Å². The summed E-state index contributed by atoms with van der Waals surface area (Å²) < 4.78 is 10.8. The van der Waals surface area contributed by atoms with Crippen molar-refractivity contribution in [2.75, 3.05) is 5.32 Å². The van der Waals surface area contributed by atoms with Crippen LogP contribution in [0, 0.1) is 0 Å². The number of aromatic nitrogens is 1. The number of fused-ring (bicyclic) bond motifs is 13. The second-order valence-electron chi connectivity index (χ2n) is 27.4. The quantitative estimate of drug-likeness (QED) is 0.150. The fourth-order valence-corrected chi connectivity index (χ4v) is 16.5. The van der Waals surface area contributed by atoms with Gasteiger partial charge in [0.1, 0.15) is 0 Å². The highest BCUT2D eigenvalue weighted by Crippen LogP contribution is 2.47. The van der Waals surface area contributed by atoms with Gasteiger partial charge in [-0.05, 0) is 150 Å². The molecular formula is C75H71BN2S3. The van der Waals surface area contributed by atoms with E-state index in [9.17, 15) is 0 Å². The van der Waals surface area contributed by atoms with Crippen LogP contribution in [0.1, 0.15) is 134 Å². The Morgan fingerprint density at radius 3 is 1.65 bits per heavy atom. The molecule has 0 radical (unpaired) electrons. The van der Waals surface area contributed by atoms with E-state index in [1.807, 2.05) is 34.0 Å². The highest BCUT2D eigenvalue weighted by Gasteiger charge is 2.31. The molecule has 5 heterocycles. The predicted molar refractivity (Wildman–Crippen MR) is 361 cm³/mol. The Morgan fingerprint density at radius 1 is 0.432 bits per heavy atom. The van der Waals surface area contributed by atoms with Gasteiger partial charge in [-0.1, -0.05) is 192 Å². The summed E-state index contributed by atoms with van der Waals surface area (Å²) in [6, 6.07) is 66.5. The van der Waals surface area contributed by atoms with E-state index < -0.39 is 0 Å². The first-order valence-electron chi connectivity index (χ1n) is 29.2. The molecule has 1 N–H and O–H groups in total. The fraction of sp³-hybridized carbons (Fsp3) is 0.253. The number of nitrogens with one attached hydrogen (secondary N) is 1. The lowest BCUT2D eigenvalue weighted by Gasteiger charge is -2.24. The van der Waals surface area contributed by atoms with Crippen molar-refractivity contribution >= 4 is 135 Å². The minimum absolute atomic E-state index is 0.0321. The van der Waals surface area contributed by atoms with Crippen molar-refractivity contribution in [1.82, 2.24) is 4.57 Å². The van der Waals surface area contributed by atoms with Crippen LogP contribution in [0.15, 0.2) is 170 Å². The fourth-order valence-electron chi connectivity index (χ4n) is 13.0. The molecule has 0 bridgehead atoms. The number of benzene rings is 9. The van der Waals surface area contributed by atoms with Crippen LogP contribution in [0.5, 0.6) is 0 Å². The van der Waals surface area contributed by atoms with Crippen molar-refractivity contribution in [3.8, 4) is 16.8 Å². The first-order chi connectivity index (χ1) is 38.6. The Bertz CT molecular complexity index is 4590. The molecule has 0 fully saturated rings. The lowest BCUT2D eigenvalue weighted by atomic mass is 9.63. The Labute approximate surface area is 490 Å². The average Bonchev–Trinajstić information content (AvgIpc) is 4.39. The van der Waals surface area contributed by atoms with Crippen molar-refractivity contribution in [2.24, 2.45) is 0 Å². The maximum atomic E-state index is 4.04. The van der Waals surface area contributed by atoms with Gasteiger partial charge >= 0.3 is 0 Å². The van der Waals surface area contributed by atoms with Gasteiger partial charge in [0.05, 0.1) is 11.2 Å². The molecule has 0 saturated heterocycles. The van der Waals surface area contributed by atoms with Crippen molar-refractivity contribution in [3.63, 3.8) is 0 Å². The highest BCUT2D eigenvalue weighted by molar-refractivity contribution is 7.29. The van der Waals surface area contributed by atoms with Gasteiger partial charge in [-0.15, -0.1) is 34.0 Å². The largest absolute Gasteiger partial charge is 0.355 e. The number of aryl methyl sites for hydroxylation is 1. The van der Waals surface area contributed by atoms with Crippen LogP contribution in [0.25, 0.3) is 89.1 Å². The van der Waals surface area contributed by atoms with Gasteiger partial charge < -0.3 is 9.88 Å². The standard InChI is InChI=1S/C75H71BN2S3/c1-72(2,3)46-23-19-44(20-24-46)51(45-21-25-47(26-22-45)73(4,5)6)32-17-43-18-33-53-58-39-56(61(41-66(58)80-65(53)37-43)77-50-30-27-48(28-31-50)74(7,8)9)54-34-35-55-57-40-59-52-15-13-14-16-63(52)79-67(59)42-62(57)78-69(55)68(54)76-71-70(78)60-38-49(75(10,11)12)29-36-64(60)81-71/h13-16,18-31,33-42,51,76-77H,17,32H2,1-12H3. The summed E-state index contributed by atoms with van der Waals surface area (Å²) in [6.45, 7) is 27.7. The van der Waals surface area contributed by atoms with Crippen LogP contribution >= 0.6 is 34.0 Å². The van der Waals surface area contributed by atoms with E-state index in [0.717, 1.165) is 31.5 Å². The number of anilines is 2. The summed E-state index contributed by atoms with van der Waals surface area (Å²) in [5.74, 6) is 0.290. The SMILES string of the molecule is CC(C)(C)c1ccc(Nc2cc3sc4cc(CCC(c5ccc(C(C)(C)C)cc5)c5ccc(C(C)(C)C)cc5)ccc4c3cc2-c2ccc3c4cc5c(cc4n4c3c2Bc2sc3ccc(C(C)(C)C)cc3c2-4)sc2ccccc25)cc1. The second kappa shape index (κ2) is 18.8. The van der Waals surface area contributed by atoms with Crippen LogP contribution < -0.4 is 15.6 Å². The Balaban J connectivity index is 0.924. The molecule has 9 aromatic carbocycles. The topological polar surface area (TPSA) is 17.0 Å². The minimum Gasteiger partial charge on any atom is -0.355 e. The molecule has 2 nitrogen and oxygen atoms in total. The molecule has 0 amide bonds. The lowest BCUT2D eigenvalue weighted by molar-refractivity contribution is 0.588. The Hall–Kier alpha value is -6.96. The third-order valence-corrected chi connectivity index (χ3v) is 21.2. The maximum absolute atomic E-state index is 4.04. The summed E-state index contributed by atoms with van der Waals surface area (Å²) in [4.78, 5) is 0. The zero-order valence-corrected chi connectivity index (χ0v) is 51.5. The van der Waals surface area contributed by atoms with Crippen molar-refractivity contribution in [1.29, 1.82) is 0 Å². The Morgan fingerprint density at radius 2 is 0.988 bits per heavy atom. The van der Waals surface area contributed by atoms with Crippen molar-refractivity contribution < 1.29 is 0 Å². The zero-order valence-electron chi connectivity index (χ0n) is 49.0. The van der Waals surface area contributed by atoms with E-state index >= 15 is 0 Å². The molecule has 14 rings (SSSR count). The highest BCUT2D eigenvalue weighted by atomic mass is 32.1. The van der Waals surface area contributed by atoms with Crippen LogP contribution in [0.3, 0.4) is 0 Å². The molecule has 1 aliphatic rings. The third-order valence-electron chi connectivity index (χ3n) is 17.8. The van der Waals surface area contributed by atoms with Crippen molar-refractivity contribution in [3.05, 3.63) is 209 Å². The van der Waals surface area contributed by atoms with Crippen LogP contribution in [-0.2, 0) is 28.1 Å². The minimum atomic E-state index is 0.0321. The van der Waals surface area contributed by atoms with Crippen molar-refractivity contribution in [2.45, 2.75) is 124 Å². The van der Waals surface area contributed by atoms with E-state index in [1.165, 1.54) is 138 Å². The lowest BCUT2D eigenvalue weighted by Crippen LogP contribution is -2.35. The van der Waals surface area contributed by atoms with E-state index in [0.29, 0.717) is 0 Å². The molecule has 0 spiro atoms. The molecule has 6 heteroatoms. The molecular weight excluding hydrogens is 1040 g/mol. The second-order valence-corrected chi connectivity index (χ2v) is 30.7. The molecule has 0 atom stereocenters. The van der Waals surface area contributed by atoms with Gasteiger partial charge in [0, 0.05) is 89.6 Å². The molecule has 0 saturated carbocycles. The normalized spacial score (nSPS) is 13.2. The number of hydrogen-bond acceptors (Lipinski definition) is 4. The first kappa shape index (κ1) is 52.1. The van der Waals surface area contributed by atoms with E-state index in [-0.39, 0.29) is 27.6 Å². The maximum Gasteiger partial charge on any atom is 0.211 e. The van der Waals surface area contributed by atoms with Gasteiger partial charge in [0.15, 0.2) is 0 Å². The Kier molecular flexibility index (Phi) is 12.1. The van der Waals surface area contributed by atoms with E-state index in [1.54, 1.807) is 0 Å². The molecule has 0 unspecified atom stereocenters. The number of nitrogens with zero attached hydrogens (tertiary/aromatic N) is 1. The monoisotopic (exact) mass is 1110 g/mol. The summed E-state index contributed by atoms with van der Waals surface area (Å²) in [5, 5.41) is 13.4. The zero-order chi connectivity index (χ0) is 56.1. The predicted octanol–water partition coefficient (Wildman–Crippen LogP) is 20.8. The van der Waals surface area contributed by atoms with Gasteiger partial charge in [-0.25, -0.2) is 0 Å². The number of hydrogen-bond donors (Lipinski definition) is 1. The van der Waals surface area contributed by atoms with E-state index in [2.05, 4.69) is 263 Å². The molecule has 4 aromatic heterocycles. The van der Waals surface area contributed by atoms with Crippen LogP contribution in [0.4, 0.5) is 11.4 Å². The third kappa shape index (κ3) is 9.03. The summed E-state index contributed by atoms with van der Waals surface area (Å²) >= 11 is 5.83. The van der Waals surface area contributed by atoms with Gasteiger partial charge in [-0.2, -0.15) is 0 Å². The number of thiophene rings is 3. The molecule has 0 aliphatic carbocycles. The molecule has 81 heavy (non-hydrogen) atoms. The van der Waals surface area contributed by atoms with Crippen LogP contribution in [-0.4, -0.2) is 11.8 Å². The summed E-state index contributed by atoms with van der Waals surface area (Å²) in [5.41, 5.74) is 20.1. The summed E-state index contributed by atoms with van der Waals surface area (Å²) in [6.07, 6.45) is 2.02. The molecule has 402 valence electrons. The van der Waals surface area contributed by atoms with Gasteiger partial charge in [-0.3, -0.25) is 0 Å². The first-order valence-corrected chi connectivity index (χ1v) is 31.6.